The fourth-order valence-electron chi connectivity index (χ4n) is 2.12. The van der Waals surface area contributed by atoms with Crippen LogP contribution in [0.4, 0.5) is 11.4 Å². The Morgan fingerprint density at radius 1 is 1.40 bits per heavy atom. The summed E-state index contributed by atoms with van der Waals surface area (Å²) in [5.41, 5.74) is 1.95. The second-order valence-electron chi connectivity index (χ2n) is 5.14. The lowest BCUT2D eigenvalue weighted by Gasteiger charge is -2.17. The first-order valence-electron chi connectivity index (χ1n) is 6.41. The molecule has 1 aromatic rings. The summed E-state index contributed by atoms with van der Waals surface area (Å²) < 4.78 is 22.8. The van der Waals surface area contributed by atoms with Gasteiger partial charge >= 0.3 is 0 Å². The first-order valence-corrected chi connectivity index (χ1v) is 8.64. The number of rotatable bonds is 3. The van der Waals surface area contributed by atoms with Crippen molar-refractivity contribution in [3.8, 4) is 0 Å². The summed E-state index contributed by atoms with van der Waals surface area (Å²) in [5, 5.41) is 6.61. The van der Waals surface area contributed by atoms with E-state index in [1.165, 1.54) is 0 Å². The molecule has 0 aliphatic carbocycles. The minimum Gasteiger partial charge on any atom is -0.378 e. The van der Waals surface area contributed by atoms with E-state index >= 15 is 0 Å². The molecular weight excluding hydrogens is 294 g/mol. The van der Waals surface area contributed by atoms with Crippen LogP contribution < -0.4 is 15.5 Å². The van der Waals surface area contributed by atoms with Gasteiger partial charge in [-0.05, 0) is 36.8 Å². The van der Waals surface area contributed by atoms with Gasteiger partial charge in [-0.2, -0.15) is 0 Å². The van der Waals surface area contributed by atoms with Crippen LogP contribution in [0.15, 0.2) is 24.3 Å². The van der Waals surface area contributed by atoms with Crippen LogP contribution >= 0.6 is 12.2 Å². The van der Waals surface area contributed by atoms with E-state index in [-0.39, 0.29) is 17.5 Å². The lowest BCUT2D eigenvalue weighted by molar-refractivity contribution is 0.600. The highest BCUT2D eigenvalue weighted by atomic mass is 32.2. The topological polar surface area (TPSA) is 61.4 Å². The monoisotopic (exact) mass is 313 g/mol. The van der Waals surface area contributed by atoms with Gasteiger partial charge in [-0.25, -0.2) is 8.42 Å². The van der Waals surface area contributed by atoms with Crippen LogP contribution in [0, 0.1) is 0 Å². The highest BCUT2D eigenvalue weighted by Gasteiger charge is 2.28. The van der Waals surface area contributed by atoms with Crippen LogP contribution in [-0.2, 0) is 9.84 Å². The molecule has 0 aromatic heterocycles. The maximum absolute atomic E-state index is 11.4. The summed E-state index contributed by atoms with van der Waals surface area (Å²) in [6.07, 6.45) is 0.613. The molecule has 20 heavy (non-hydrogen) atoms. The lowest BCUT2D eigenvalue weighted by atomic mass is 10.2. The van der Waals surface area contributed by atoms with Crippen LogP contribution in [0.25, 0.3) is 0 Å². The molecule has 0 saturated carbocycles. The van der Waals surface area contributed by atoms with Gasteiger partial charge in [0.05, 0.1) is 11.5 Å². The zero-order valence-electron chi connectivity index (χ0n) is 11.6. The number of thiocarbonyl (C=S) groups is 1. The SMILES string of the molecule is CN(C)c1cccc(NC(=S)NC2CCS(=O)(=O)C2)c1. The molecule has 1 aromatic carbocycles. The average Bonchev–Trinajstić information content (AvgIpc) is 2.68. The quantitative estimate of drug-likeness (QED) is 0.819. The average molecular weight is 313 g/mol. The summed E-state index contributed by atoms with van der Waals surface area (Å²) in [6, 6.07) is 7.77. The van der Waals surface area contributed by atoms with Gasteiger partial charge in [-0.15, -0.1) is 0 Å². The Kier molecular flexibility index (Phi) is 4.49. The Morgan fingerprint density at radius 2 is 2.15 bits per heavy atom. The molecule has 0 radical (unpaired) electrons. The predicted octanol–water partition coefficient (Wildman–Crippen LogP) is 1.23. The van der Waals surface area contributed by atoms with Gasteiger partial charge in [0.1, 0.15) is 0 Å². The van der Waals surface area contributed by atoms with Gasteiger partial charge in [0, 0.05) is 31.5 Å². The number of sulfone groups is 1. The molecule has 1 heterocycles. The first kappa shape index (κ1) is 15.1. The molecule has 0 bridgehead atoms. The minimum atomic E-state index is -2.89. The normalized spacial score (nSPS) is 20.4. The molecule has 1 fully saturated rings. The molecule has 5 nitrogen and oxygen atoms in total. The van der Waals surface area contributed by atoms with Gasteiger partial charge in [0.15, 0.2) is 14.9 Å². The third kappa shape index (κ3) is 4.08. The Morgan fingerprint density at radius 3 is 2.75 bits per heavy atom. The second kappa shape index (κ2) is 5.97. The summed E-state index contributed by atoms with van der Waals surface area (Å²) in [6.45, 7) is 0. The Hall–Kier alpha value is -1.34. The molecule has 7 heteroatoms. The standard InChI is InChI=1S/C13H19N3O2S2/c1-16(2)12-5-3-4-10(8-12)14-13(19)15-11-6-7-20(17,18)9-11/h3-5,8,11H,6-7,9H2,1-2H3,(H2,14,15,19). The van der Waals surface area contributed by atoms with Crippen molar-refractivity contribution < 1.29 is 8.42 Å². The Balaban J connectivity index is 1.93. The highest BCUT2D eigenvalue weighted by Crippen LogP contribution is 2.17. The zero-order chi connectivity index (χ0) is 14.8. The molecule has 1 atom stereocenters. The summed E-state index contributed by atoms with van der Waals surface area (Å²) >= 11 is 5.23. The van der Waals surface area contributed by atoms with E-state index in [0.717, 1.165) is 11.4 Å². The van der Waals surface area contributed by atoms with E-state index < -0.39 is 9.84 Å². The summed E-state index contributed by atoms with van der Waals surface area (Å²) in [5.74, 6) is 0.399. The van der Waals surface area contributed by atoms with E-state index in [1.54, 1.807) is 0 Å². The lowest BCUT2D eigenvalue weighted by Crippen LogP contribution is -2.38. The molecule has 2 N–H and O–H groups in total. The molecule has 0 amide bonds. The molecule has 0 spiro atoms. The fraction of sp³-hybridized carbons (Fsp3) is 0.462. The Labute approximate surface area is 125 Å². The van der Waals surface area contributed by atoms with Crippen molar-refractivity contribution in [3.05, 3.63) is 24.3 Å². The minimum absolute atomic E-state index is 0.0861. The van der Waals surface area contributed by atoms with Gasteiger partial charge in [-0.1, -0.05) is 6.07 Å². The zero-order valence-corrected chi connectivity index (χ0v) is 13.2. The van der Waals surface area contributed by atoms with Crippen LogP contribution in [0.3, 0.4) is 0 Å². The second-order valence-corrected chi connectivity index (χ2v) is 7.78. The van der Waals surface area contributed by atoms with Crippen LogP contribution in [0.5, 0.6) is 0 Å². The van der Waals surface area contributed by atoms with E-state index in [9.17, 15) is 8.42 Å². The molecular formula is C13H19N3O2S2. The van der Waals surface area contributed by atoms with Crippen molar-refractivity contribution in [1.29, 1.82) is 0 Å². The van der Waals surface area contributed by atoms with Gasteiger partial charge in [0.25, 0.3) is 0 Å². The number of hydrogen-bond donors (Lipinski definition) is 2. The van der Waals surface area contributed by atoms with Gasteiger partial charge in [-0.3, -0.25) is 0 Å². The van der Waals surface area contributed by atoms with E-state index in [2.05, 4.69) is 10.6 Å². The van der Waals surface area contributed by atoms with E-state index in [4.69, 9.17) is 12.2 Å². The third-order valence-corrected chi connectivity index (χ3v) is 5.18. The van der Waals surface area contributed by atoms with Crippen molar-refractivity contribution in [1.82, 2.24) is 5.32 Å². The molecule has 1 aliphatic rings. The summed E-state index contributed by atoms with van der Waals surface area (Å²) in [7, 11) is 1.05. The van der Waals surface area contributed by atoms with Crippen molar-refractivity contribution in [3.63, 3.8) is 0 Å². The number of anilines is 2. The van der Waals surface area contributed by atoms with Crippen LogP contribution in [-0.4, -0.2) is 45.2 Å². The highest BCUT2D eigenvalue weighted by molar-refractivity contribution is 7.91. The van der Waals surface area contributed by atoms with Gasteiger partial charge < -0.3 is 15.5 Å². The van der Waals surface area contributed by atoms with E-state index in [0.29, 0.717) is 11.5 Å². The van der Waals surface area contributed by atoms with Crippen LogP contribution in [0.1, 0.15) is 6.42 Å². The molecule has 110 valence electrons. The fourth-order valence-corrected chi connectivity index (χ4v) is 4.08. The molecule has 2 rings (SSSR count). The van der Waals surface area contributed by atoms with Gasteiger partial charge in [0.2, 0.25) is 0 Å². The van der Waals surface area contributed by atoms with Crippen molar-refractivity contribution in [2.75, 3.05) is 35.8 Å². The van der Waals surface area contributed by atoms with Crippen molar-refractivity contribution in [2.45, 2.75) is 12.5 Å². The Bertz CT molecular complexity index is 599. The smallest absolute Gasteiger partial charge is 0.171 e. The number of hydrogen-bond acceptors (Lipinski definition) is 4. The maximum Gasteiger partial charge on any atom is 0.171 e. The predicted molar refractivity (Wildman–Crippen MR) is 87.2 cm³/mol. The number of benzene rings is 1. The number of nitrogens with one attached hydrogen (secondary N) is 2. The maximum atomic E-state index is 11.4. The molecule has 1 unspecified atom stereocenters. The van der Waals surface area contributed by atoms with Crippen molar-refractivity contribution in [2.24, 2.45) is 0 Å². The van der Waals surface area contributed by atoms with E-state index in [1.807, 2.05) is 43.3 Å². The van der Waals surface area contributed by atoms with Crippen molar-refractivity contribution >= 4 is 38.5 Å². The van der Waals surface area contributed by atoms with Crippen LogP contribution in [0.2, 0.25) is 0 Å². The third-order valence-electron chi connectivity index (χ3n) is 3.19. The summed E-state index contributed by atoms with van der Waals surface area (Å²) in [4.78, 5) is 2.01. The molecule has 1 saturated heterocycles. The largest absolute Gasteiger partial charge is 0.378 e. The number of nitrogens with zero attached hydrogens (tertiary/aromatic N) is 1. The first-order chi connectivity index (χ1) is 9.35. The molecule has 1 aliphatic heterocycles.